The first-order valence-electron chi connectivity index (χ1n) is 3.51. The van der Waals surface area contributed by atoms with Crippen molar-refractivity contribution < 1.29 is 4.79 Å². The highest BCUT2D eigenvalue weighted by atomic mass is 32.1. The van der Waals surface area contributed by atoms with Crippen LogP contribution in [-0.2, 0) is 11.3 Å². The monoisotopic (exact) mass is 202 g/mol. The number of hydrogen-bond acceptors (Lipinski definition) is 4. The molecule has 12 heavy (non-hydrogen) atoms. The molecule has 1 aromatic heterocycles. The fraction of sp³-hybridized carbons (Fsp3) is 0.429. The van der Waals surface area contributed by atoms with Gasteiger partial charge in [0, 0.05) is 5.38 Å². The van der Waals surface area contributed by atoms with Gasteiger partial charge >= 0.3 is 0 Å². The van der Waals surface area contributed by atoms with E-state index in [9.17, 15) is 4.79 Å². The lowest BCUT2D eigenvalue weighted by Gasteiger charge is -1.98. The summed E-state index contributed by atoms with van der Waals surface area (Å²) in [5.41, 5.74) is 0.910. The number of carbonyl (C=O) groups is 1. The van der Waals surface area contributed by atoms with Gasteiger partial charge in [-0.05, 0) is 6.92 Å². The minimum Gasteiger partial charge on any atom is -0.350 e. The van der Waals surface area contributed by atoms with Crippen LogP contribution in [0.15, 0.2) is 5.38 Å². The van der Waals surface area contributed by atoms with Gasteiger partial charge in [-0.2, -0.15) is 12.6 Å². The van der Waals surface area contributed by atoms with Gasteiger partial charge in [0.25, 0.3) is 0 Å². The molecule has 0 aliphatic heterocycles. The fourth-order valence-electron chi connectivity index (χ4n) is 0.734. The maximum atomic E-state index is 10.8. The quantitative estimate of drug-likeness (QED) is 0.718. The number of carbonyl (C=O) groups excluding carboxylic acids is 1. The zero-order valence-corrected chi connectivity index (χ0v) is 8.41. The smallest absolute Gasteiger partial charge is 0.230 e. The molecule has 0 atom stereocenters. The third kappa shape index (κ3) is 2.83. The van der Waals surface area contributed by atoms with E-state index in [-0.39, 0.29) is 11.7 Å². The standard InChI is InChI=1S/C7H10N2OS2/c1-5-9-6(4-12-5)2-8-7(10)3-11/h4,11H,2-3H2,1H3,(H,8,10). The second kappa shape index (κ2) is 4.47. The first-order chi connectivity index (χ1) is 5.72. The van der Waals surface area contributed by atoms with E-state index in [0.29, 0.717) is 6.54 Å². The van der Waals surface area contributed by atoms with E-state index in [1.54, 1.807) is 11.3 Å². The molecule has 0 saturated carbocycles. The molecule has 1 aromatic rings. The van der Waals surface area contributed by atoms with Crippen LogP contribution >= 0.6 is 24.0 Å². The number of hydrogen-bond donors (Lipinski definition) is 2. The molecule has 1 heterocycles. The van der Waals surface area contributed by atoms with E-state index >= 15 is 0 Å². The third-order valence-corrected chi connectivity index (χ3v) is 2.39. The van der Waals surface area contributed by atoms with Gasteiger partial charge < -0.3 is 5.32 Å². The largest absolute Gasteiger partial charge is 0.350 e. The summed E-state index contributed by atoms with van der Waals surface area (Å²) in [5.74, 6) is 0.160. The van der Waals surface area contributed by atoms with E-state index in [1.165, 1.54) is 0 Å². The molecule has 0 radical (unpaired) electrons. The van der Waals surface area contributed by atoms with Crippen LogP contribution in [0.1, 0.15) is 10.7 Å². The molecule has 0 bridgehead atoms. The molecule has 0 fully saturated rings. The van der Waals surface area contributed by atoms with Gasteiger partial charge in [-0.15, -0.1) is 11.3 Å². The predicted octanol–water partition coefficient (Wildman–Crippen LogP) is 0.998. The molecule has 0 spiro atoms. The Morgan fingerprint density at radius 1 is 1.83 bits per heavy atom. The second-order valence-corrected chi connectivity index (χ2v) is 3.67. The summed E-state index contributed by atoms with van der Waals surface area (Å²) in [5, 5.41) is 5.65. The average molecular weight is 202 g/mol. The lowest BCUT2D eigenvalue weighted by molar-refractivity contribution is -0.118. The van der Waals surface area contributed by atoms with Crippen molar-refractivity contribution in [3.05, 3.63) is 16.1 Å². The second-order valence-electron chi connectivity index (χ2n) is 2.29. The Morgan fingerprint density at radius 2 is 2.58 bits per heavy atom. The number of thiol groups is 1. The lowest BCUT2D eigenvalue weighted by atomic mass is 10.5. The fourth-order valence-corrected chi connectivity index (χ4v) is 1.46. The van der Waals surface area contributed by atoms with Crippen LogP contribution in [0.25, 0.3) is 0 Å². The zero-order chi connectivity index (χ0) is 8.97. The van der Waals surface area contributed by atoms with E-state index < -0.39 is 0 Å². The Hall–Kier alpha value is -0.550. The van der Waals surface area contributed by atoms with Gasteiger partial charge in [0.15, 0.2) is 0 Å². The van der Waals surface area contributed by atoms with Crippen molar-refractivity contribution >= 4 is 29.9 Å². The highest BCUT2D eigenvalue weighted by molar-refractivity contribution is 7.81. The van der Waals surface area contributed by atoms with Crippen molar-refractivity contribution in [3.8, 4) is 0 Å². The van der Waals surface area contributed by atoms with Crippen molar-refractivity contribution in [2.45, 2.75) is 13.5 Å². The Balaban J connectivity index is 2.38. The highest BCUT2D eigenvalue weighted by Crippen LogP contribution is 2.06. The summed E-state index contributed by atoms with van der Waals surface area (Å²) < 4.78 is 0. The molecule has 0 aliphatic rings. The summed E-state index contributed by atoms with van der Waals surface area (Å²) in [6.07, 6.45) is 0. The van der Waals surface area contributed by atoms with Crippen LogP contribution < -0.4 is 5.32 Å². The van der Waals surface area contributed by atoms with Crippen LogP contribution in [0.4, 0.5) is 0 Å². The summed E-state index contributed by atoms with van der Waals surface area (Å²) in [7, 11) is 0. The minimum absolute atomic E-state index is 0.0658. The third-order valence-electron chi connectivity index (χ3n) is 1.28. The molecule has 1 rings (SSSR count). The predicted molar refractivity (Wildman–Crippen MR) is 52.6 cm³/mol. The lowest BCUT2D eigenvalue weighted by Crippen LogP contribution is -2.23. The van der Waals surface area contributed by atoms with Gasteiger partial charge in [0.2, 0.25) is 5.91 Å². The maximum absolute atomic E-state index is 10.8. The maximum Gasteiger partial charge on any atom is 0.230 e. The molecule has 1 N–H and O–H groups in total. The highest BCUT2D eigenvalue weighted by Gasteiger charge is 2.00. The van der Waals surface area contributed by atoms with Crippen molar-refractivity contribution in [3.63, 3.8) is 0 Å². The molecule has 0 aromatic carbocycles. The van der Waals surface area contributed by atoms with Crippen molar-refractivity contribution in [2.75, 3.05) is 5.75 Å². The molecule has 0 aliphatic carbocycles. The van der Waals surface area contributed by atoms with E-state index in [0.717, 1.165) is 10.7 Å². The van der Waals surface area contributed by atoms with Gasteiger partial charge in [0.1, 0.15) is 0 Å². The summed E-state index contributed by atoms with van der Waals surface area (Å²) in [6.45, 7) is 2.44. The SMILES string of the molecule is Cc1nc(CNC(=O)CS)cs1. The number of nitrogens with zero attached hydrogens (tertiary/aromatic N) is 1. The number of rotatable bonds is 3. The summed E-state index contributed by atoms with van der Waals surface area (Å²) in [6, 6.07) is 0. The summed E-state index contributed by atoms with van der Waals surface area (Å²) in [4.78, 5) is 15.0. The molecule has 1 amide bonds. The average Bonchev–Trinajstić information content (AvgIpc) is 2.47. The van der Waals surface area contributed by atoms with Crippen molar-refractivity contribution in [1.82, 2.24) is 10.3 Å². The first kappa shape index (κ1) is 9.54. The van der Waals surface area contributed by atoms with Crippen molar-refractivity contribution in [2.24, 2.45) is 0 Å². The Bertz CT molecular complexity index is 272. The van der Waals surface area contributed by atoms with Crippen LogP contribution in [0.3, 0.4) is 0 Å². The zero-order valence-electron chi connectivity index (χ0n) is 6.70. The first-order valence-corrected chi connectivity index (χ1v) is 5.02. The number of aryl methyl sites for hydroxylation is 1. The van der Waals surface area contributed by atoms with Crippen molar-refractivity contribution in [1.29, 1.82) is 0 Å². The van der Waals surface area contributed by atoms with Gasteiger partial charge in [0.05, 0.1) is 23.0 Å². The molecule has 5 heteroatoms. The van der Waals surface area contributed by atoms with Crippen LogP contribution in [0.2, 0.25) is 0 Å². The summed E-state index contributed by atoms with van der Waals surface area (Å²) >= 11 is 5.42. The molecular formula is C7H10N2OS2. The minimum atomic E-state index is -0.0658. The molecule has 3 nitrogen and oxygen atoms in total. The molecular weight excluding hydrogens is 192 g/mol. The topological polar surface area (TPSA) is 42.0 Å². The van der Waals surface area contributed by atoms with Crippen LogP contribution in [0, 0.1) is 6.92 Å². The Morgan fingerprint density at radius 3 is 3.08 bits per heavy atom. The van der Waals surface area contributed by atoms with E-state index in [4.69, 9.17) is 0 Å². The normalized spacial score (nSPS) is 9.83. The molecule has 0 saturated heterocycles. The number of amides is 1. The molecule has 0 unspecified atom stereocenters. The van der Waals surface area contributed by atoms with Gasteiger partial charge in [-0.1, -0.05) is 0 Å². The van der Waals surface area contributed by atoms with Crippen LogP contribution in [-0.4, -0.2) is 16.6 Å². The van der Waals surface area contributed by atoms with E-state index in [2.05, 4.69) is 22.9 Å². The van der Waals surface area contributed by atoms with Gasteiger partial charge in [-0.25, -0.2) is 4.98 Å². The Labute approximate surface area is 80.6 Å². The number of thiazole rings is 1. The Kier molecular flexibility index (Phi) is 3.55. The van der Waals surface area contributed by atoms with Gasteiger partial charge in [-0.3, -0.25) is 4.79 Å². The molecule has 66 valence electrons. The van der Waals surface area contributed by atoms with E-state index in [1.807, 2.05) is 12.3 Å². The number of nitrogens with one attached hydrogen (secondary N) is 1. The van der Waals surface area contributed by atoms with Crippen LogP contribution in [0.5, 0.6) is 0 Å². The number of aromatic nitrogens is 1.